The van der Waals surface area contributed by atoms with E-state index in [1.165, 1.54) is 5.57 Å². The average Bonchev–Trinajstić information content (AvgIpc) is 2.37. The Bertz CT molecular complexity index is 616. The lowest BCUT2D eigenvalue weighted by Gasteiger charge is -2.29. The van der Waals surface area contributed by atoms with Crippen LogP contribution >= 0.6 is 0 Å². The monoisotopic (exact) mass is 270 g/mol. The minimum atomic E-state index is -0.205. The molecule has 106 valence electrons. The van der Waals surface area contributed by atoms with Crippen molar-refractivity contribution in [3.05, 3.63) is 58.4 Å². The number of allylic oxidation sites excluding steroid dienone is 5. The zero-order chi connectivity index (χ0) is 14.9. The average molecular weight is 270 g/mol. The molecule has 0 fully saturated rings. The molecule has 2 rings (SSSR count). The molecule has 1 aromatic carbocycles. The van der Waals surface area contributed by atoms with E-state index in [9.17, 15) is 10.2 Å². The van der Waals surface area contributed by atoms with Gasteiger partial charge in [-0.25, -0.2) is 0 Å². The second-order valence-electron chi connectivity index (χ2n) is 6.19. The van der Waals surface area contributed by atoms with Crippen molar-refractivity contribution < 1.29 is 10.2 Å². The molecule has 2 heteroatoms. The molecule has 1 aromatic rings. The van der Waals surface area contributed by atoms with E-state index >= 15 is 0 Å². The van der Waals surface area contributed by atoms with Crippen LogP contribution < -0.4 is 0 Å². The van der Waals surface area contributed by atoms with Crippen molar-refractivity contribution in [1.29, 1.82) is 0 Å². The molecule has 1 aliphatic rings. The molecule has 0 saturated carbocycles. The van der Waals surface area contributed by atoms with E-state index in [1.807, 2.05) is 38.1 Å². The van der Waals surface area contributed by atoms with Crippen LogP contribution in [0.25, 0.3) is 6.08 Å². The summed E-state index contributed by atoms with van der Waals surface area (Å²) in [6, 6.07) is 5.57. The van der Waals surface area contributed by atoms with E-state index in [4.69, 9.17) is 0 Å². The Morgan fingerprint density at radius 3 is 2.40 bits per heavy atom. The summed E-state index contributed by atoms with van der Waals surface area (Å²) in [4.78, 5) is 0. The quantitative estimate of drug-likeness (QED) is 0.802. The summed E-state index contributed by atoms with van der Waals surface area (Å²) < 4.78 is 0. The van der Waals surface area contributed by atoms with Crippen molar-refractivity contribution in [3.8, 4) is 5.75 Å². The van der Waals surface area contributed by atoms with Crippen LogP contribution in [0.5, 0.6) is 5.75 Å². The number of hydrogen-bond acceptors (Lipinski definition) is 2. The number of hydrogen-bond donors (Lipinski definition) is 2. The summed E-state index contributed by atoms with van der Waals surface area (Å²) in [6.07, 6.45) is 6.99. The molecule has 1 aliphatic carbocycles. The zero-order valence-corrected chi connectivity index (χ0v) is 12.6. The number of aliphatic hydroxyl groups is 1. The molecular formula is C18H22O2. The number of aliphatic hydroxyl groups excluding tert-OH is 1. The largest absolute Gasteiger partial charge is 0.511 e. The van der Waals surface area contributed by atoms with Crippen LogP contribution in [0.4, 0.5) is 0 Å². The fraction of sp³-hybridized carbons (Fsp3) is 0.333. The second kappa shape index (κ2) is 5.20. The SMILES string of the molecule is CC1=C(O)C(C)(C)CC(/C=C/c2ccc(O)c(C)c2)=C1. The molecule has 0 heterocycles. The first-order valence-corrected chi connectivity index (χ1v) is 6.88. The van der Waals surface area contributed by atoms with Crippen molar-refractivity contribution in [1.82, 2.24) is 0 Å². The van der Waals surface area contributed by atoms with Crippen LogP contribution in [-0.2, 0) is 0 Å². The van der Waals surface area contributed by atoms with Crippen LogP contribution in [-0.4, -0.2) is 10.2 Å². The normalized spacial score (nSPS) is 18.5. The van der Waals surface area contributed by atoms with Gasteiger partial charge in [0, 0.05) is 5.41 Å². The van der Waals surface area contributed by atoms with Gasteiger partial charge in [0.25, 0.3) is 0 Å². The topological polar surface area (TPSA) is 40.5 Å². The molecule has 0 saturated heterocycles. The van der Waals surface area contributed by atoms with Crippen molar-refractivity contribution >= 4 is 6.08 Å². The van der Waals surface area contributed by atoms with Crippen LogP contribution in [0, 0.1) is 12.3 Å². The highest BCUT2D eigenvalue weighted by Crippen LogP contribution is 2.38. The summed E-state index contributed by atoms with van der Waals surface area (Å²) in [5.74, 6) is 0.805. The van der Waals surface area contributed by atoms with Gasteiger partial charge in [0.15, 0.2) is 0 Å². The van der Waals surface area contributed by atoms with Gasteiger partial charge in [-0.05, 0) is 54.7 Å². The highest BCUT2D eigenvalue weighted by atomic mass is 16.3. The smallest absolute Gasteiger partial charge is 0.118 e. The fourth-order valence-electron chi connectivity index (χ4n) is 2.62. The van der Waals surface area contributed by atoms with E-state index in [-0.39, 0.29) is 5.41 Å². The van der Waals surface area contributed by atoms with Crippen molar-refractivity contribution in [2.45, 2.75) is 34.1 Å². The number of rotatable bonds is 2. The first-order valence-electron chi connectivity index (χ1n) is 6.88. The first kappa shape index (κ1) is 14.4. The Balaban J connectivity index is 2.24. The van der Waals surface area contributed by atoms with Crippen LogP contribution in [0.1, 0.15) is 38.3 Å². The Hall–Kier alpha value is -1.96. The fourth-order valence-corrected chi connectivity index (χ4v) is 2.62. The molecule has 0 radical (unpaired) electrons. The van der Waals surface area contributed by atoms with Crippen LogP contribution in [0.3, 0.4) is 0 Å². The second-order valence-corrected chi connectivity index (χ2v) is 6.19. The minimum absolute atomic E-state index is 0.205. The Labute approximate surface area is 120 Å². The number of aryl methyl sites for hydroxylation is 1. The van der Waals surface area contributed by atoms with Gasteiger partial charge in [0.2, 0.25) is 0 Å². The number of phenols is 1. The van der Waals surface area contributed by atoms with Crippen LogP contribution in [0.15, 0.2) is 47.3 Å². The maximum absolute atomic E-state index is 10.1. The highest BCUT2D eigenvalue weighted by molar-refractivity contribution is 5.57. The van der Waals surface area contributed by atoms with Gasteiger partial charge in [-0.2, -0.15) is 0 Å². The predicted molar refractivity (Wildman–Crippen MR) is 83.7 cm³/mol. The van der Waals surface area contributed by atoms with Gasteiger partial charge >= 0.3 is 0 Å². The van der Waals surface area contributed by atoms with Gasteiger partial charge in [0.05, 0.1) is 0 Å². The number of aromatic hydroxyl groups is 1. The van der Waals surface area contributed by atoms with E-state index in [1.54, 1.807) is 6.07 Å². The number of phenolic OH excluding ortho intramolecular Hbond substituents is 1. The zero-order valence-electron chi connectivity index (χ0n) is 12.6. The van der Waals surface area contributed by atoms with Crippen molar-refractivity contribution in [3.63, 3.8) is 0 Å². The lowest BCUT2D eigenvalue weighted by atomic mass is 9.77. The predicted octanol–water partition coefficient (Wildman–Crippen LogP) is 4.90. The van der Waals surface area contributed by atoms with Crippen molar-refractivity contribution in [2.75, 3.05) is 0 Å². The maximum Gasteiger partial charge on any atom is 0.118 e. The molecular weight excluding hydrogens is 248 g/mol. The Morgan fingerprint density at radius 1 is 1.10 bits per heavy atom. The van der Waals surface area contributed by atoms with Gasteiger partial charge in [-0.1, -0.05) is 38.1 Å². The van der Waals surface area contributed by atoms with Crippen LogP contribution in [0.2, 0.25) is 0 Å². The third-order valence-corrected chi connectivity index (χ3v) is 3.77. The maximum atomic E-state index is 10.1. The van der Waals surface area contributed by atoms with Crippen molar-refractivity contribution in [2.24, 2.45) is 5.41 Å². The van der Waals surface area contributed by atoms with Gasteiger partial charge in [-0.3, -0.25) is 0 Å². The molecule has 2 nitrogen and oxygen atoms in total. The third-order valence-electron chi connectivity index (χ3n) is 3.77. The Morgan fingerprint density at radius 2 is 1.80 bits per heavy atom. The molecule has 0 spiro atoms. The molecule has 0 aromatic heterocycles. The van der Waals surface area contributed by atoms with E-state index in [0.717, 1.165) is 23.1 Å². The summed E-state index contributed by atoms with van der Waals surface area (Å²) in [6.45, 7) is 7.93. The number of benzene rings is 1. The molecule has 2 N–H and O–H groups in total. The minimum Gasteiger partial charge on any atom is -0.511 e. The standard InChI is InChI=1S/C18H22O2/c1-12-9-14(7-8-16(12)19)5-6-15-10-13(2)17(20)18(3,4)11-15/h5-10,19-20H,11H2,1-4H3/b6-5+. The van der Waals surface area contributed by atoms with E-state index in [0.29, 0.717) is 11.5 Å². The molecule has 0 bridgehead atoms. The molecule has 20 heavy (non-hydrogen) atoms. The summed E-state index contributed by atoms with van der Waals surface area (Å²) in [7, 11) is 0. The highest BCUT2D eigenvalue weighted by Gasteiger charge is 2.28. The van der Waals surface area contributed by atoms with Gasteiger partial charge in [-0.15, -0.1) is 0 Å². The lowest BCUT2D eigenvalue weighted by molar-refractivity contribution is 0.249. The Kier molecular flexibility index (Phi) is 3.76. The molecule has 0 unspecified atom stereocenters. The lowest BCUT2D eigenvalue weighted by Crippen LogP contribution is -2.19. The summed E-state index contributed by atoms with van der Waals surface area (Å²) in [5.41, 5.74) is 3.87. The van der Waals surface area contributed by atoms with Gasteiger partial charge in [0.1, 0.15) is 11.5 Å². The van der Waals surface area contributed by atoms with E-state index < -0.39 is 0 Å². The summed E-state index contributed by atoms with van der Waals surface area (Å²) in [5, 5.41) is 19.6. The summed E-state index contributed by atoms with van der Waals surface area (Å²) >= 11 is 0. The van der Waals surface area contributed by atoms with E-state index in [2.05, 4.69) is 19.9 Å². The molecule has 0 aliphatic heterocycles. The molecule has 0 amide bonds. The van der Waals surface area contributed by atoms with Gasteiger partial charge < -0.3 is 10.2 Å². The molecule has 0 atom stereocenters. The third kappa shape index (κ3) is 2.96. The first-order chi connectivity index (χ1) is 9.29.